The van der Waals surface area contributed by atoms with E-state index in [0.29, 0.717) is 95.2 Å². The highest BCUT2D eigenvalue weighted by molar-refractivity contribution is 5.94. The van der Waals surface area contributed by atoms with E-state index >= 15 is 0 Å². The normalized spacial score (nSPS) is 15.4. The monoisotopic (exact) mass is 914 g/mol. The molecule has 2 aliphatic rings. The van der Waals surface area contributed by atoms with Gasteiger partial charge in [-0.2, -0.15) is 4.98 Å². The molecule has 1 aromatic carbocycles. The first-order valence-corrected chi connectivity index (χ1v) is 23.8. The van der Waals surface area contributed by atoms with Crippen molar-refractivity contribution in [2.75, 3.05) is 109 Å². The molecule has 360 valence electrons. The van der Waals surface area contributed by atoms with Crippen molar-refractivity contribution in [1.82, 2.24) is 29.7 Å². The lowest BCUT2D eigenvalue weighted by Crippen LogP contribution is -2.45. The lowest BCUT2D eigenvalue weighted by atomic mass is 9.90. The summed E-state index contributed by atoms with van der Waals surface area (Å²) in [7, 11) is 5.10. The fourth-order valence-corrected chi connectivity index (χ4v) is 9.06. The van der Waals surface area contributed by atoms with Gasteiger partial charge in [-0.3, -0.25) is 19.7 Å². The van der Waals surface area contributed by atoms with Crippen LogP contribution in [0.25, 0.3) is 11.0 Å². The minimum Gasteiger partial charge on any atom is -0.481 e. The summed E-state index contributed by atoms with van der Waals surface area (Å²) < 4.78 is 30.9. The summed E-state index contributed by atoms with van der Waals surface area (Å²) in [5.74, 6) is 1.22. The van der Waals surface area contributed by atoms with Crippen molar-refractivity contribution >= 4 is 52.8 Å². The zero-order chi connectivity index (χ0) is 46.5. The van der Waals surface area contributed by atoms with Gasteiger partial charge in [-0.1, -0.05) is 38.7 Å². The number of fused-ring (bicyclic) bond motifs is 1. The number of likely N-dealkylation sites (tertiary alicyclic amines) is 1. The molecule has 17 nitrogen and oxygen atoms in total. The van der Waals surface area contributed by atoms with E-state index in [9.17, 15) is 14.4 Å². The number of aromatic nitrogens is 4. The number of nitrogens with one attached hydrogen (secondary N) is 2. The molecular formula is C49H71N9O8. The van der Waals surface area contributed by atoms with Crippen LogP contribution in [0.1, 0.15) is 94.2 Å². The number of ether oxygens (including phenoxy) is 5. The minimum atomic E-state index is -0.544. The van der Waals surface area contributed by atoms with E-state index in [0.717, 1.165) is 80.7 Å². The molecular weight excluding hydrogens is 843 g/mol. The van der Waals surface area contributed by atoms with Gasteiger partial charge in [0, 0.05) is 69.0 Å². The molecule has 6 rings (SSSR count). The van der Waals surface area contributed by atoms with Crippen molar-refractivity contribution < 1.29 is 38.1 Å². The third-order valence-corrected chi connectivity index (χ3v) is 12.7. The Kier molecular flexibility index (Phi) is 20.4. The largest absolute Gasteiger partial charge is 0.481 e. The van der Waals surface area contributed by atoms with Crippen LogP contribution in [0.3, 0.4) is 0 Å². The fraction of sp³-hybridized carbons (Fsp3) is 0.592. The van der Waals surface area contributed by atoms with Crippen LogP contribution >= 0.6 is 0 Å². The Morgan fingerprint density at radius 3 is 2.27 bits per heavy atom. The molecule has 1 atom stereocenters. The van der Waals surface area contributed by atoms with Gasteiger partial charge in [-0.15, -0.1) is 0 Å². The van der Waals surface area contributed by atoms with Crippen LogP contribution in [0.4, 0.5) is 23.0 Å². The average molecular weight is 914 g/mol. The van der Waals surface area contributed by atoms with E-state index in [4.69, 9.17) is 33.7 Å². The number of rotatable bonds is 29. The number of hydrogen-bond acceptors (Lipinski definition) is 14. The highest BCUT2D eigenvalue weighted by atomic mass is 16.6. The SMILES string of the molecule is CCCC(C(=O)NC=O)N(C)c1ccc(CCCOCCOCCOCCOCCN2CCC(c3cn(C4CCCCC4)c4nc(Nc5ccnc(OC)c5)ncc34)CC2)cc1N(C)C=O. The molecule has 0 bridgehead atoms. The minimum absolute atomic E-state index is 0.373. The molecule has 1 aliphatic heterocycles. The van der Waals surface area contributed by atoms with E-state index in [-0.39, 0.29) is 5.91 Å². The Morgan fingerprint density at radius 1 is 0.879 bits per heavy atom. The number of pyridine rings is 1. The second kappa shape index (κ2) is 26.8. The number of methoxy groups -OCH3 is 1. The standard InChI is InChI=1S/C49H71N9O8/c1-5-10-44(48(61)52-35-59)56(3)43-15-14-37(31-45(43)55(2)36-60)11-9-23-63-25-27-65-29-30-66-28-26-64-24-22-57-20-17-38(18-21-57)42-34-58(40-12-7-6-8-13-40)47-41(42)33-51-49(54-47)53-39-16-19-50-46(32-39)62-4/h14-16,19,31-36,38,40,44H,5-13,17-18,20-30H2,1-4H3,(H,52,59,61)(H,50,51,53,54). The highest BCUT2D eigenvalue weighted by Gasteiger charge is 2.28. The Hall–Kier alpha value is -5.20. The molecule has 1 saturated carbocycles. The van der Waals surface area contributed by atoms with Crippen molar-refractivity contribution in [2.24, 2.45) is 0 Å². The zero-order valence-corrected chi connectivity index (χ0v) is 39.5. The zero-order valence-electron chi connectivity index (χ0n) is 39.5. The van der Waals surface area contributed by atoms with E-state index in [1.165, 1.54) is 48.0 Å². The second-order valence-electron chi connectivity index (χ2n) is 17.2. The first-order valence-electron chi connectivity index (χ1n) is 23.8. The molecule has 0 radical (unpaired) electrons. The summed E-state index contributed by atoms with van der Waals surface area (Å²) in [5.41, 5.74) is 5.71. The van der Waals surface area contributed by atoms with Gasteiger partial charge in [0.25, 0.3) is 0 Å². The highest BCUT2D eigenvalue weighted by Crippen LogP contribution is 2.39. The molecule has 1 unspecified atom stereocenters. The van der Waals surface area contributed by atoms with Crippen LogP contribution in [0.15, 0.2) is 48.9 Å². The molecule has 3 amide bonds. The van der Waals surface area contributed by atoms with E-state index < -0.39 is 6.04 Å². The summed E-state index contributed by atoms with van der Waals surface area (Å²) in [6.07, 6.45) is 18.5. The number of carbonyl (C=O) groups is 3. The molecule has 4 heterocycles. The number of aryl methyl sites for hydroxylation is 1. The first kappa shape index (κ1) is 50.2. The number of imide groups is 1. The Bertz CT molecular complexity index is 2110. The number of anilines is 4. The molecule has 3 aromatic heterocycles. The number of carbonyl (C=O) groups excluding carboxylic acids is 3. The summed E-state index contributed by atoms with van der Waals surface area (Å²) in [4.78, 5) is 55.1. The molecule has 17 heteroatoms. The summed E-state index contributed by atoms with van der Waals surface area (Å²) in [5, 5.41) is 6.79. The quantitative estimate of drug-likeness (QED) is 0.0450. The predicted octanol–water partition coefficient (Wildman–Crippen LogP) is 6.43. The Labute approximate surface area is 389 Å². The Balaban J connectivity index is 0.818. The third-order valence-electron chi connectivity index (χ3n) is 12.7. The summed E-state index contributed by atoms with van der Waals surface area (Å²) >= 11 is 0. The Morgan fingerprint density at radius 2 is 1.59 bits per heavy atom. The molecule has 66 heavy (non-hydrogen) atoms. The van der Waals surface area contributed by atoms with Crippen LogP contribution in [0.2, 0.25) is 0 Å². The van der Waals surface area contributed by atoms with Gasteiger partial charge < -0.3 is 48.3 Å². The maximum Gasteiger partial charge on any atom is 0.249 e. The maximum absolute atomic E-state index is 12.6. The van der Waals surface area contributed by atoms with Gasteiger partial charge in [-0.25, -0.2) is 9.97 Å². The molecule has 2 fully saturated rings. The molecule has 1 saturated heterocycles. The number of piperidine rings is 1. The maximum atomic E-state index is 12.6. The number of hydrogen-bond donors (Lipinski definition) is 2. The van der Waals surface area contributed by atoms with Crippen LogP contribution in [-0.4, -0.2) is 143 Å². The lowest BCUT2D eigenvalue weighted by molar-refractivity contribution is -0.126. The average Bonchev–Trinajstić information content (AvgIpc) is 3.73. The van der Waals surface area contributed by atoms with E-state index in [2.05, 4.69) is 31.3 Å². The van der Waals surface area contributed by atoms with Crippen LogP contribution < -0.4 is 25.2 Å². The van der Waals surface area contributed by atoms with E-state index in [1.54, 1.807) is 27.4 Å². The number of amides is 3. The number of nitrogens with zero attached hydrogens (tertiary/aromatic N) is 7. The number of likely N-dealkylation sites (N-methyl/N-ethyl adjacent to an activating group) is 1. The molecule has 1 aliphatic carbocycles. The topological polar surface area (TPSA) is 175 Å². The first-order chi connectivity index (χ1) is 32.3. The summed E-state index contributed by atoms with van der Waals surface area (Å²) in [6.45, 7) is 9.27. The van der Waals surface area contributed by atoms with Crippen molar-refractivity contribution in [1.29, 1.82) is 0 Å². The van der Waals surface area contributed by atoms with Crippen LogP contribution in [-0.2, 0) is 39.8 Å². The van der Waals surface area contributed by atoms with Crippen LogP contribution in [0, 0.1) is 0 Å². The van der Waals surface area contributed by atoms with Crippen molar-refractivity contribution in [3.8, 4) is 5.88 Å². The molecule has 0 spiro atoms. The lowest BCUT2D eigenvalue weighted by Gasteiger charge is -2.31. The van der Waals surface area contributed by atoms with Gasteiger partial charge in [0.1, 0.15) is 11.7 Å². The van der Waals surface area contributed by atoms with Crippen molar-refractivity contribution in [3.63, 3.8) is 0 Å². The van der Waals surface area contributed by atoms with Crippen molar-refractivity contribution in [2.45, 2.75) is 95.6 Å². The van der Waals surface area contributed by atoms with Gasteiger partial charge in [-0.05, 0) is 93.3 Å². The fourth-order valence-electron chi connectivity index (χ4n) is 9.06. The molecule has 2 N–H and O–H groups in total. The van der Waals surface area contributed by atoms with Crippen LogP contribution in [0.5, 0.6) is 5.88 Å². The van der Waals surface area contributed by atoms with Gasteiger partial charge in [0.15, 0.2) is 0 Å². The van der Waals surface area contributed by atoms with Gasteiger partial charge in [0.05, 0.1) is 64.7 Å². The smallest absolute Gasteiger partial charge is 0.249 e. The van der Waals surface area contributed by atoms with Crippen molar-refractivity contribution in [3.05, 3.63) is 60.0 Å². The predicted molar refractivity (Wildman–Crippen MR) is 256 cm³/mol. The third kappa shape index (κ3) is 14.4. The summed E-state index contributed by atoms with van der Waals surface area (Å²) in [6, 6.07) is 9.55. The van der Waals surface area contributed by atoms with Gasteiger partial charge in [0.2, 0.25) is 30.6 Å². The number of benzene rings is 1. The second-order valence-corrected chi connectivity index (χ2v) is 17.2. The van der Waals surface area contributed by atoms with E-state index in [1.807, 2.05) is 48.4 Å². The van der Waals surface area contributed by atoms with Gasteiger partial charge >= 0.3 is 0 Å². The molecule has 4 aromatic rings.